The third-order valence-electron chi connectivity index (χ3n) is 4.18. The van der Waals surface area contributed by atoms with Gasteiger partial charge >= 0.3 is 0 Å². The zero-order chi connectivity index (χ0) is 19.5. The Bertz CT molecular complexity index is 1190. The lowest BCUT2D eigenvalue weighted by Gasteiger charge is -2.04. The third-order valence-corrected chi connectivity index (χ3v) is 5.14. The van der Waals surface area contributed by atoms with Crippen molar-refractivity contribution >= 4 is 22.4 Å². The molecule has 6 nitrogen and oxygen atoms in total. The Morgan fingerprint density at radius 1 is 1.07 bits per heavy atom. The lowest BCUT2D eigenvalue weighted by Crippen LogP contribution is -2.23. The summed E-state index contributed by atoms with van der Waals surface area (Å²) in [6, 6.07) is 15.1. The second-order valence-corrected chi connectivity index (χ2v) is 7.20. The van der Waals surface area contributed by atoms with Gasteiger partial charge in [-0.1, -0.05) is 30.4 Å². The molecule has 0 fully saturated rings. The van der Waals surface area contributed by atoms with Gasteiger partial charge in [0, 0.05) is 5.56 Å². The van der Waals surface area contributed by atoms with Crippen molar-refractivity contribution in [3.63, 3.8) is 0 Å². The van der Waals surface area contributed by atoms with Gasteiger partial charge in [-0.15, -0.1) is 5.10 Å². The van der Waals surface area contributed by atoms with E-state index in [2.05, 4.69) is 17.0 Å². The molecule has 142 valence electrons. The Morgan fingerprint density at radius 3 is 2.43 bits per heavy atom. The minimum Gasteiger partial charge on any atom is -0.497 e. The molecule has 0 aliphatic carbocycles. The summed E-state index contributed by atoms with van der Waals surface area (Å²) in [4.78, 5) is 17.8. The Balaban J connectivity index is 1.64. The van der Waals surface area contributed by atoms with Crippen LogP contribution in [0.4, 0.5) is 0 Å². The number of methoxy groups -OCH3 is 1. The third kappa shape index (κ3) is 3.61. The van der Waals surface area contributed by atoms with E-state index in [4.69, 9.17) is 9.47 Å². The molecule has 0 saturated carbocycles. The molecule has 0 bridgehead atoms. The van der Waals surface area contributed by atoms with E-state index in [0.29, 0.717) is 21.9 Å². The highest BCUT2D eigenvalue weighted by Gasteiger charge is 2.12. The van der Waals surface area contributed by atoms with E-state index in [0.717, 1.165) is 29.0 Å². The van der Waals surface area contributed by atoms with Gasteiger partial charge in [-0.25, -0.2) is 0 Å². The highest BCUT2D eigenvalue weighted by Crippen LogP contribution is 2.20. The normalized spacial score (nSPS) is 11.9. The number of hydrogen-bond acceptors (Lipinski definition) is 6. The first-order valence-corrected chi connectivity index (χ1v) is 9.78. The van der Waals surface area contributed by atoms with Crippen molar-refractivity contribution in [2.75, 3.05) is 13.7 Å². The predicted molar refractivity (Wildman–Crippen MR) is 110 cm³/mol. The molecule has 28 heavy (non-hydrogen) atoms. The molecule has 2 aromatic heterocycles. The summed E-state index contributed by atoms with van der Waals surface area (Å²) < 4.78 is 12.7. The molecule has 0 aliphatic rings. The zero-order valence-electron chi connectivity index (χ0n) is 15.6. The van der Waals surface area contributed by atoms with E-state index in [1.807, 2.05) is 54.6 Å². The van der Waals surface area contributed by atoms with Crippen LogP contribution in [-0.4, -0.2) is 28.3 Å². The second-order valence-electron chi connectivity index (χ2n) is 6.19. The molecule has 0 aliphatic heterocycles. The molecule has 0 saturated heterocycles. The monoisotopic (exact) mass is 393 g/mol. The lowest BCUT2D eigenvalue weighted by molar-refractivity contribution is 0.317. The maximum absolute atomic E-state index is 12.7. The lowest BCUT2D eigenvalue weighted by atomic mass is 10.2. The van der Waals surface area contributed by atoms with Crippen LogP contribution in [0.15, 0.2) is 53.3 Å². The minimum absolute atomic E-state index is 0.169. The van der Waals surface area contributed by atoms with Crippen LogP contribution in [0.2, 0.25) is 0 Å². The summed E-state index contributed by atoms with van der Waals surface area (Å²) in [5, 5.41) is 4.39. The fourth-order valence-electron chi connectivity index (χ4n) is 2.73. The van der Waals surface area contributed by atoms with Crippen LogP contribution in [0.3, 0.4) is 0 Å². The summed E-state index contributed by atoms with van der Waals surface area (Å²) in [7, 11) is 1.62. The number of hydrogen-bond donors (Lipinski definition) is 0. The fraction of sp³-hybridized carbons (Fsp3) is 0.190. The molecule has 7 heteroatoms. The van der Waals surface area contributed by atoms with Crippen LogP contribution in [0.5, 0.6) is 11.5 Å². The van der Waals surface area contributed by atoms with Gasteiger partial charge in [0.2, 0.25) is 4.96 Å². The quantitative estimate of drug-likeness (QED) is 0.503. The Kier molecular flexibility index (Phi) is 5.08. The molecule has 0 amide bonds. The SMILES string of the molecule is CCCOc1ccc(-c2nc3sc(=Cc4ccc(OC)cc4)c(=O)n3n2)cc1. The Hall–Kier alpha value is -3.19. The van der Waals surface area contributed by atoms with Gasteiger partial charge in [0.25, 0.3) is 5.56 Å². The number of rotatable bonds is 6. The summed E-state index contributed by atoms with van der Waals surface area (Å²) in [6.07, 6.45) is 2.80. The van der Waals surface area contributed by atoms with Gasteiger partial charge in [-0.05, 0) is 54.5 Å². The van der Waals surface area contributed by atoms with E-state index in [1.54, 1.807) is 7.11 Å². The minimum atomic E-state index is -0.169. The first-order chi connectivity index (χ1) is 13.7. The van der Waals surface area contributed by atoms with Crippen LogP contribution in [0.1, 0.15) is 18.9 Å². The van der Waals surface area contributed by atoms with Crippen LogP contribution in [0, 0.1) is 0 Å². The summed E-state index contributed by atoms with van der Waals surface area (Å²) in [6.45, 7) is 2.75. The molecule has 0 N–H and O–H groups in total. The van der Waals surface area contributed by atoms with E-state index < -0.39 is 0 Å². The molecule has 0 radical (unpaired) electrons. The average molecular weight is 393 g/mol. The summed E-state index contributed by atoms with van der Waals surface area (Å²) in [5.74, 6) is 2.12. The number of fused-ring (bicyclic) bond motifs is 1. The number of thiazole rings is 1. The highest BCUT2D eigenvalue weighted by atomic mass is 32.1. The van der Waals surface area contributed by atoms with E-state index in [1.165, 1.54) is 15.9 Å². The van der Waals surface area contributed by atoms with Crippen LogP contribution in [0.25, 0.3) is 22.4 Å². The number of nitrogens with zero attached hydrogens (tertiary/aromatic N) is 3. The van der Waals surface area contributed by atoms with Gasteiger partial charge in [0.05, 0.1) is 18.2 Å². The van der Waals surface area contributed by atoms with Crippen molar-refractivity contribution in [3.05, 3.63) is 69.0 Å². The molecule has 2 aromatic carbocycles. The van der Waals surface area contributed by atoms with E-state index >= 15 is 0 Å². The Labute approximate surface area is 165 Å². The molecule has 2 heterocycles. The van der Waals surface area contributed by atoms with Crippen molar-refractivity contribution in [2.24, 2.45) is 0 Å². The highest BCUT2D eigenvalue weighted by molar-refractivity contribution is 7.15. The molecule has 0 unspecified atom stereocenters. The van der Waals surface area contributed by atoms with Crippen LogP contribution < -0.4 is 19.6 Å². The van der Waals surface area contributed by atoms with Crippen molar-refractivity contribution in [1.29, 1.82) is 0 Å². The molecular weight excluding hydrogens is 374 g/mol. The Morgan fingerprint density at radius 2 is 1.79 bits per heavy atom. The van der Waals surface area contributed by atoms with Crippen LogP contribution >= 0.6 is 11.3 Å². The molecule has 0 atom stereocenters. The standard InChI is InChI=1S/C21H19N3O3S/c1-3-12-27-17-10-6-15(7-11-17)19-22-21-24(23-19)20(25)18(28-21)13-14-4-8-16(26-2)9-5-14/h4-11,13H,3,12H2,1-2H3. The van der Waals surface area contributed by atoms with Crippen molar-refractivity contribution < 1.29 is 9.47 Å². The zero-order valence-corrected chi connectivity index (χ0v) is 16.4. The topological polar surface area (TPSA) is 65.7 Å². The van der Waals surface area contributed by atoms with Crippen molar-refractivity contribution in [1.82, 2.24) is 14.6 Å². The second kappa shape index (κ2) is 7.82. The molecule has 4 rings (SSSR count). The molecular formula is C21H19N3O3S. The maximum atomic E-state index is 12.7. The molecule has 0 spiro atoms. The number of aromatic nitrogens is 3. The van der Waals surface area contributed by atoms with Crippen molar-refractivity contribution in [3.8, 4) is 22.9 Å². The smallest absolute Gasteiger partial charge is 0.291 e. The van der Waals surface area contributed by atoms with Gasteiger partial charge in [0.15, 0.2) is 5.82 Å². The van der Waals surface area contributed by atoms with Crippen molar-refractivity contribution in [2.45, 2.75) is 13.3 Å². The van der Waals surface area contributed by atoms with Gasteiger partial charge in [0.1, 0.15) is 11.5 Å². The van der Waals surface area contributed by atoms with Crippen LogP contribution in [-0.2, 0) is 0 Å². The van der Waals surface area contributed by atoms with Gasteiger partial charge < -0.3 is 9.47 Å². The number of ether oxygens (including phenoxy) is 2. The first-order valence-electron chi connectivity index (χ1n) is 8.96. The van der Waals surface area contributed by atoms with E-state index in [9.17, 15) is 4.79 Å². The fourth-order valence-corrected chi connectivity index (χ4v) is 3.64. The first kappa shape index (κ1) is 18.2. The largest absolute Gasteiger partial charge is 0.497 e. The average Bonchev–Trinajstić information content (AvgIpc) is 3.27. The number of benzene rings is 2. The molecule has 4 aromatic rings. The van der Waals surface area contributed by atoms with Gasteiger partial charge in [-0.2, -0.15) is 9.50 Å². The summed E-state index contributed by atoms with van der Waals surface area (Å²) >= 11 is 1.32. The van der Waals surface area contributed by atoms with E-state index in [-0.39, 0.29) is 5.56 Å². The maximum Gasteiger partial charge on any atom is 0.291 e. The summed E-state index contributed by atoms with van der Waals surface area (Å²) in [5.41, 5.74) is 1.60. The predicted octanol–water partition coefficient (Wildman–Crippen LogP) is 3.16. The van der Waals surface area contributed by atoms with Gasteiger partial charge in [-0.3, -0.25) is 4.79 Å².